The summed E-state index contributed by atoms with van der Waals surface area (Å²) in [4.78, 5) is 0. The van der Waals surface area contributed by atoms with Gasteiger partial charge in [0, 0.05) is 0 Å². The Bertz CT molecular complexity index is 194. The molecule has 0 aromatic carbocycles. The van der Waals surface area contributed by atoms with Crippen LogP contribution in [0, 0.1) is 0 Å². The van der Waals surface area contributed by atoms with Gasteiger partial charge in [0.25, 0.3) is 0 Å². The number of aliphatic hydroxyl groups excluding tert-OH is 5. The van der Waals surface area contributed by atoms with E-state index < -0.39 is 31.0 Å². The minimum atomic E-state index is -1.52. The van der Waals surface area contributed by atoms with Crippen LogP contribution in [0.3, 0.4) is 0 Å². The lowest BCUT2D eigenvalue weighted by molar-refractivity contribution is -0.111. The molecule has 1 fully saturated rings. The Kier molecular flexibility index (Phi) is 6.42. The van der Waals surface area contributed by atoms with Crippen molar-refractivity contribution in [2.24, 2.45) is 0 Å². The minimum Gasteiger partial charge on any atom is -0.394 e. The smallest absolute Gasteiger partial charge is 0.111 e. The van der Waals surface area contributed by atoms with E-state index in [0.717, 1.165) is 17.9 Å². The third-order valence-electron chi connectivity index (χ3n) is 2.41. The first-order valence-electron chi connectivity index (χ1n) is 5.14. The predicted molar refractivity (Wildman–Crippen MR) is 64.4 cm³/mol. The van der Waals surface area contributed by atoms with Gasteiger partial charge in [-0.15, -0.1) is 23.5 Å². The van der Waals surface area contributed by atoms with Gasteiger partial charge in [-0.1, -0.05) is 0 Å². The quantitative estimate of drug-likeness (QED) is 0.420. The fourth-order valence-electron chi connectivity index (χ4n) is 1.40. The predicted octanol–water partition coefficient (Wildman–Crippen LogP) is -1.38. The molecule has 1 aliphatic heterocycles. The van der Waals surface area contributed by atoms with Crippen molar-refractivity contribution in [2.45, 2.75) is 35.4 Å². The fraction of sp³-hybridized carbons (Fsp3) is 1.00. The average molecular weight is 270 g/mol. The van der Waals surface area contributed by atoms with E-state index in [0.29, 0.717) is 0 Å². The van der Waals surface area contributed by atoms with Gasteiger partial charge in [0.1, 0.15) is 24.4 Å². The maximum Gasteiger partial charge on any atom is 0.111 e. The number of hydrogen-bond donors (Lipinski definition) is 5. The van der Waals surface area contributed by atoms with Gasteiger partial charge in [-0.2, -0.15) is 0 Å². The Balaban J connectivity index is 2.47. The van der Waals surface area contributed by atoms with Crippen LogP contribution in [0.4, 0.5) is 0 Å². The first-order valence-corrected chi connectivity index (χ1v) is 7.24. The van der Waals surface area contributed by atoms with Gasteiger partial charge in [0.15, 0.2) is 0 Å². The molecular formula is C9H18O5S2. The first kappa shape index (κ1) is 14.6. The minimum absolute atomic E-state index is 0.190. The zero-order valence-corrected chi connectivity index (χ0v) is 10.4. The standard InChI is InChI=1S/C9H18O5S2/c10-4-5(11)6(12)7(13)8(14)9-15-2-1-3-16-9/h5-14H,1-4H2/t5-,6+,7-,8+/m1/s1. The summed E-state index contributed by atoms with van der Waals surface area (Å²) >= 11 is 3.07. The Labute approximate surface area is 103 Å². The topological polar surface area (TPSA) is 101 Å². The van der Waals surface area contributed by atoms with E-state index in [4.69, 9.17) is 10.2 Å². The van der Waals surface area contributed by atoms with E-state index in [9.17, 15) is 15.3 Å². The van der Waals surface area contributed by atoms with E-state index in [1.54, 1.807) is 0 Å². The molecule has 0 spiro atoms. The fourth-order valence-corrected chi connectivity index (χ4v) is 4.35. The molecule has 16 heavy (non-hydrogen) atoms. The molecule has 1 aliphatic rings. The van der Waals surface area contributed by atoms with Crippen molar-refractivity contribution in [1.82, 2.24) is 0 Å². The van der Waals surface area contributed by atoms with Gasteiger partial charge >= 0.3 is 0 Å². The highest BCUT2D eigenvalue weighted by Gasteiger charge is 2.35. The zero-order valence-electron chi connectivity index (χ0n) is 8.77. The highest BCUT2D eigenvalue weighted by Crippen LogP contribution is 2.34. The molecule has 1 heterocycles. The zero-order chi connectivity index (χ0) is 12.1. The van der Waals surface area contributed by atoms with Crippen molar-refractivity contribution >= 4 is 23.5 Å². The van der Waals surface area contributed by atoms with Gasteiger partial charge in [0.05, 0.1) is 11.2 Å². The Morgan fingerprint density at radius 3 is 2.06 bits per heavy atom. The molecule has 0 aliphatic carbocycles. The molecule has 5 nitrogen and oxygen atoms in total. The van der Waals surface area contributed by atoms with Crippen molar-refractivity contribution in [1.29, 1.82) is 0 Å². The number of rotatable bonds is 5. The Morgan fingerprint density at radius 1 is 1.00 bits per heavy atom. The number of aliphatic hydroxyl groups is 5. The molecule has 0 aromatic rings. The third-order valence-corrected chi connectivity index (χ3v) is 5.49. The monoisotopic (exact) mass is 270 g/mol. The second-order valence-corrected chi connectivity index (χ2v) is 6.48. The highest BCUT2D eigenvalue weighted by molar-refractivity contribution is 8.17. The molecule has 0 amide bonds. The normalized spacial score (nSPS) is 26.1. The van der Waals surface area contributed by atoms with Gasteiger partial charge in [0.2, 0.25) is 0 Å². The van der Waals surface area contributed by atoms with Crippen LogP contribution in [0.1, 0.15) is 6.42 Å². The molecule has 0 unspecified atom stereocenters. The molecule has 5 N–H and O–H groups in total. The Hall–Kier alpha value is 0.500. The molecule has 0 bridgehead atoms. The second-order valence-electron chi connectivity index (χ2n) is 3.69. The summed E-state index contributed by atoms with van der Waals surface area (Å²) in [5, 5.41) is 46.7. The maximum absolute atomic E-state index is 9.81. The average Bonchev–Trinajstić information content (AvgIpc) is 2.36. The van der Waals surface area contributed by atoms with Crippen LogP contribution in [0.2, 0.25) is 0 Å². The molecule has 1 saturated heterocycles. The van der Waals surface area contributed by atoms with Crippen molar-refractivity contribution in [3.63, 3.8) is 0 Å². The van der Waals surface area contributed by atoms with Crippen LogP contribution in [-0.4, -0.2) is 72.6 Å². The summed E-state index contributed by atoms with van der Waals surface area (Å²) < 4.78 is -0.190. The summed E-state index contributed by atoms with van der Waals surface area (Å²) in [6, 6.07) is 0. The number of thioether (sulfide) groups is 2. The molecule has 1 rings (SSSR count). The van der Waals surface area contributed by atoms with Crippen LogP contribution in [0.15, 0.2) is 0 Å². The van der Waals surface area contributed by atoms with Crippen molar-refractivity contribution in [3.8, 4) is 0 Å². The summed E-state index contributed by atoms with van der Waals surface area (Å²) in [6.45, 7) is -0.643. The summed E-state index contributed by atoms with van der Waals surface area (Å²) in [5.41, 5.74) is 0. The van der Waals surface area contributed by atoms with Gasteiger partial charge < -0.3 is 25.5 Å². The maximum atomic E-state index is 9.81. The molecule has 4 atom stereocenters. The van der Waals surface area contributed by atoms with Gasteiger partial charge in [-0.3, -0.25) is 0 Å². The van der Waals surface area contributed by atoms with E-state index in [-0.39, 0.29) is 4.58 Å². The van der Waals surface area contributed by atoms with Crippen molar-refractivity contribution in [3.05, 3.63) is 0 Å². The van der Waals surface area contributed by atoms with Crippen molar-refractivity contribution in [2.75, 3.05) is 18.1 Å². The SMILES string of the molecule is OC[C@@H](O)[C@H](O)[C@@H](O)[C@H](O)C1SCCCS1. The largest absolute Gasteiger partial charge is 0.394 e. The highest BCUT2D eigenvalue weighted by atomic mass is 32.2. The van der Waals surface area contributed by atoms with Crippen LogP contribution in [-0.2, 0) is 0 Å². The lowest BCUT2D eigenvalue weighted by atomic mass is 10.0. The molecule has 0 radical (unpaired) electrons. The van der Waals surface area contributed by atoms with E-state index >= 15 is 0 Å². The lowest BCUT2D eigenvalue weighted by Crippen LogP contribution is -2.49. The second kappa shape index (κ2) is 7.05. The Morgan fingerprint density at radius 2 is 1.56 bits per heavy atom. The lowest BCUT2D eigenvalue weighted by Gasteiger charge is -2.32. The molecule has 0 aromatic heterocycles. The first-order chi connectivity index (χ1) is 7.57. The van der Waals surface area contributed by atoms with E-state index in [2.05, 4.69) is 0 Å². The third kappa shape index (κ3) is 3.76. The molecule has 96 valence electrons. The molecule has 0 saturated carbocycles. The van der Waals surface area contributed by atoms with Crippen LogP contribution >= 0.6 is 23.5 Å². The van der Waals surface area contributed by atoms with Gasteiger partial charge in [-0.05, 0) is 17.9 Å². The van der Waals surface area contributed by atoms with E-state index in [1.807, 2.05) is 0 Å². The van der Waals surface area contributed by atoms with Crippen LogP contribution < -0.4 is 0 Å². The number of hydrogen-bond acceptors (Lipinski definition) is 7. The summed E-state index contributed by atoms with van der Waals surface area (Å²) in [7, 11) is 0. The molecule has 7 heteroatoms. The van der Waals surface area contributed by atoms with E-state index in [1.165, 1.54) is 23.5 Å². The van der Waals surface area contributed by atoms with Gasteiger partial charge in [-0.25, -0.2) is 0 Å². The van der Waals surface area contributed by atoms with Crippen LogP contribution in [0.5, 0.6) is 0 Å². The summed E-state index contributed by atoms with van der Waals surface area (Å²) in [6.07, 6.45) is -4.43. The molecular weight excluding hydrogens is 252 g/mol. The van der Waals surface area contributed by atoms with Crippen LogP contribution in [0.25, 0.3) is 0 Å². The summed E-state index contributed by atoms with van der Waals surface area (Å²) in [5.74, 6) is 1.83. The van der Waals surface area contributed by atoms with Crippen molar-refractivity contribution < 1.29 is 25.5 Å².